The Morgan fingerprint density at radius 3 is 2.67 bits per heavy atom. The van der Waals surface area contributed by atoms with Crippen LogP contribution in [0, 0.1) is 5.92 Å². The largest absolute Gasteiger partial charge is 0.504 e. The number of halogens is 3. The van der Waals surface area contributed by atoms with Gasteiger partial charge in [-0.2, -0.15) is 13.2 Å². The zero-order valence-electron chi connectivity index (χ0n) is 11.9. The van der Waals surface area contributed by atoms with Crippen molar-refractivity contribution in [2.45, 2.75) is 44.4 Å². The summed E-state index contributed by atoms with van der Waals surface area (Å²) >= 11 is 0. The summed E-state index contributed by atoms with van der Waals surface area (Å²) in [7, 11) is 1.44. The molecule has 1 aromatic carbocycles. The van der Waals surface area contributed by atoms with Crippen molar-refractivity contribution in [1.82, 2.24) is 5.32 Å². The number of phenols is 1. The van der Waals surface area contributed by atoms with Gasteiger partial charge in [-0.15, -0.1) is 0 Å². The maximum absolute atomic E-state index is 13.0. The molecule has 2 unspecified atom stereocenters. The van der Waals surface area contributed by atoms with Gasteiger partial charge in [-0.05, 0) is 30.5 Å². The van der Waals surface area contributed by atoms with Crippen molar-refractivity contribution in [3.8, 4) is 11.5 Å². The number of benzene rings is 1. The lowest BCUT2D eigenvalue weighted by Crippen LogP contribution is -2.45. The van der Waals surface area contributed by atoms with Crippen LogP contribution in [-0.4, -0.2) is 24.4 Å². The van der Waals surface area contributed by atoms with E-state index in [1.807, 2.05) is 0 Å². The topological polar surface area (TPSA) is 41.5 Å². The lowest BCUT2D eigenvalue weighted by atomic mass is 9.84. The van der Waals surface area contributed by atoms with Gasteiger partial charge in [0.25, 0.3) is 0 Å². The number of rotatable bonds is 4. The fraction of sp³-hybridized carbons (Fsp3) is 0.600. The van der Waals surface area contributed by atoms with Gasteiger partial charge in [0.15, 0.2) is 11.5 Å². The second-order valence-electron chi connectivity index (χ2n) is 5.43. The molecule has 3 nitrogen and oxygen atoms in total. The molecular formula is C15H20F3NO2. The van der Waals surface area contributed by atoms with Crippen molar-refractivity contribution in [2.75, 3.05) is 7.11 Å². The van der Waals surface area contributed by atoms with Crippen LogP contribution < -0.4 is 10.1 Å². The molecule has 0 radical (unpaired) electrons. The number of methoxy groups -OCH3 is 1. The number of hydrogen-bond acceptors (Lipinski definition) is 3. The van der Waals surface area contributed by atoms with Gasteiger partial charge in [0.05, 0.1) is 13.0 Å². The first-order valence-corrected chi connectivity index (χ1v) is 7.08. The van der Waals surface area contributed by atoms with E-state index in [1.54, 1.807) is 12.1 Å². The lowest BCUT2D eigenvalue weighted by Gasteiger charge is -2.33. The fourth-order valence-corrected chi connectivity index (χ4v) is 2.85. The molecule has 0 aliphatic heterocycles. The normalized spacial score (nSPS) is 23.0. The minimum Gasteiger partial charge on any atom is -0.504 e. The Hall–Kier alpha value is -1.43. The van der Waals surface area contributed by atoms with E-state index in [4.69, 9.17) is 4.74 Å². The van der Waals surface area contributed by atoms with Gasteiger partial charge in [-0.3, -0.25) is 0 Å². The van der Waals surface area contributed by atoms with E-state index in [0.717, 1.165) is 12.0 Å². The van der Waals surface area contributed by atoms with E-state index < -0.39 is 18.1 Å². The second kappa shape index (κ2) is 6.56. The first kappa shape index (κ1) is 15.9. The smallest absolute Gasteiger partial charge is 0.393 e. The van der Waals surface area contributed by atoms with E-state index in [0.29, 0.717) is 25.1 Å². The average Bonchev–Trinajstić information content (AvgIpc) is 2.45. The van der Waals surface area contributed by atoms with Crippen molar-refractivity contribution in [3.63, 3.8) is 0 Å². The highest BCUT2D eigenvalue weighted by molar-refractivity contribution is 5.41. The van der Waals surface area contributed by atoms with Gasteiger partial charge < -0.3 is 15.2 Å². The minimum absolute atomic E-state index is 0.0204. The predicted molar refractivity (Wildman–Crippen MR) is 73.3 cm³/mol. The van der Waals surface area contributed by atoms with Gasteiger partial charge >= 0.3 is 6.18 Å². The zero-order chi connectivity index (χ0) is 15.5. The van der Waals surface area contributed by atoms with Gasteiger partial charge in [-0.1, -0.05) is 18.9 Å². The van der Waals surface area contributed by atoms with Crippen LogP contribution in [0.1, 0.15) is 31.2 Å². The molecule has 1 aromatic rings. The molecule has 0 amide bonds. The standard InChI is InChI=1S/C15H20F3NO2/c1-21-14-8-10(6-7-13(14)20)9-19-12-5-3-2-4-11(12)15(16,17)18/h6-8,11-12,19-20H,2-5,9H2,1H3. The summed E-state index contributed by atoms with van der Waals surface area (Å²) in [6.07, 6.45) is -1.96. The number of aromatic hydroxyl groups is 1. The van der Waals surface area contributed by atoms with Crippen molar-refractivity contribution < 1.29 is 23.0 Å². The summed E-state index contributed by atoms with van der Waals surface area (Å²) in [5.74, 6) is -0.928. The molecule has 1 aliphatic rings. The quantitative estimate of drug-likeness (QED) is 0.893. The summed E-state index contributed by atoms with van der Waals surface area (Å²) in [6, 6.07) is 4.25. The zero-order valence-corrected chi connectivity index (χ0v) is 11.9. The van der Waals surface area contributed by atoms with Gasteiger partial charge in [0, 0.05) is 12.6 Å². The fourth-order valence-electron chi connectivity index (χ4n) is 2.85. The average molecular weight is 303 g/mol. The Kier molecular flexibility index (Phi) is 4.98. The third-order valence-electron chi connectivity index (χ3n) is 4.00. The molecule has 1 fully saturated rings. The third kappa shape index (κ3) is 4.03. The number of nitrogens with one attached hydrogen (secondary N) is 1. The van der Waals surface area contributed by atoms with Crippen LogP contribution in [0.15, 0.2) is 18.2 Å². The van der Waals surface area contributed by atoms with Gasteiger partial charge in [0.2, 0.25) is 0 Å². The third-order valence-corrected chi connectivity index (χ3v) is 4.00. The number of hydrogen-bond donors (Lipinski definition) is 2. The molecule has 2 rings (SSSR count). The van der Waals surface area contributed by atoms with E-state index in [-0.39, 0.29) is 12.2 Å². The molecule has 0 saturated heterocycles. The van der Waals surface area contributed by atoms with Gasteiger partial charge in [0.1, 0.15) is 0 Å². The minimum atomic E-state index is -4.15. The Balaban J connectivity index is 2.00. The Morgan fingerprint density at radius 1 is 1.29 bits per heavy atom. The number of phenolic OH excluding ortho intramolecular Hbond substituents is 1. The van der Waals surface area contributed by atoms with Crippen LogP contribution in [0.4, 0.5) is 13.2 Å². The molecule has 0 heterocycles. The molecule has 1 saturated carbocycles. The molecule has 0 bridgehead atoms. The van der Waals surface area contributed by atoms with Crippen molar-refractivity contribution in [3.05, 3.63) is 23.8 Å². The SMILES string of the molecule is COc1cc(CNC2CCCCC2C(F)(F)F)ccc1O. The molecule has 118 valence electrons. The van der Waals surface area contributed by atoms with E-state index in [9.17, 15) is 18.3 Å². The number of ether oxygens (including phenoxy) is 1. The van der Waals surface area contributed by atoms with Crippen molar-refractivity contribution in [1.29, 1.82) is 0 Å². The van der Waals surface area contributed by atoms with E-state index in [1.165, 1.54) is 13.2 Å². The number of alkyl halides is 3. The summed E-state index contributed by atoms with van der Waals surface area (Å²) in [5, 5.41) is 12.5. The highest BCUT2D eigenvalue weighted by Crippen LogP contribution is 2.38. The first-order chi connectivity index (χ1) is 9.91. The summed E-state index contributed by atoms with van der Waals surface area (Å²) in [6.45, 7) is 0.327. The van der Waals surface area contributed by atoms with Crippen LogP contribution in [0.2, 0.25) is 0 Å². The van der Waals surface area contributed by atoms with E-state index >= 15 is 0 Å². The second-order valence-corrected chi connectivity index (χ2v) is 5.43. The summed E-state index contributed by atoms with van der Waals surface area (Å²) in [4.78, 5) is 0. The van der Waals surface area contributed by atoms with Crippen LogP contribution in [0.3, 0.4) is 0 Å². The Bertz CT molecular complexity index is 476. The van der Waals surface area contributed by atoms with Crippen LogP contribution in [-0.2, 0) is 6.54 Å². The summed E-state index contributed by atoms with van der Waals surface area (Å²) < 4.78 is 44.0. The molecular weight excluding hydrogens is 283 g/mol. The predicted octanol–water partition coefficient (Wildman–Crippen LogP) is 3.61. The molecule has 6 heteroatoms. The van der Waals surface area contributed by atoms with Crippen molar-refractivity contribution in [2.24, 2.45) is 5.92 Å². The Morgan fingerprint density at radius 2 is 2.00 bits per heavy atom. The first-order valence-electron chi connectivity index (χ1n) is 7.08. The van der Waals surface area contributed by atoms with Crippen LogP contribution >= 0.6 is 0 Å². The highest BCUT2D eigenvalue weighted by atomic mass is 19.4. The maximum Gasteiger partial charge on any atom is 0.393 e. The lowest BCUT2D eigenvalue weighted by molar-refractivity contribution is -0.189. The van der Waals surface area contributed by atoms with Crippen LogP contribution in [0.25, 0.3) is 0 Å². The van der Waals surface area contributed by atoms with Crippen LogP contribution in [0.5, 0.6) is 11.5 Å². The highest BCUT2D eigenvalue weighted by Gasteiger charge is 2.45. The molecule has 2 atom stereocenters. The molecule has 1 aliphatic carbocycles. The van der Waals surface area contributed by atoms with Gasteiger partial charge in [-0.25, -0.2) is 0 Å². The van der Waals surface area contributed by atoms with E-state index in [2.05, 4.69) is 5.32 Å². The monoisotopic (exact) mass is 303 g/mol. The maximum atomic E-state index is 13.0. The Labute approximate surface area is 122 Å². The van der Waals surface area contributed by atoms with Crippen molar-refractivity contribution >= 4 is 0 Å². The molecule has 21 heavy (non-hydrogen) atoms. The molecule has 0 aromatic heterocycles. The molecule has 2 N–H and O–H groups in total. The molecule has 0 spiro atoms. The summed E-state index contributed by atoms with van der Waals surface area (Å²) in [5.41, 5.74) is 0.788.